The van der Waals surface area contributed by atoms with E-state index in [2.05, 4.69) is 5.32 Å². The Morgan fingerprint density at radius 3 is 2.14 bits per heavy atom. The summed E-state index contributed by atoms with van der Waals surface area (Å²) in [5.74, 6) is 0.740. The largest absolute Gasteiger partial charge is 0.493 e. The van der Waals surface area contributed by atoms with Crippen LogP contribution in [-0.4, -0.2) is 41.3 Å². The van der Waals surface area contributed by atoms with E-state index in [1.165, 1.54) is 0 Å². The van der Waals surface area contributed by atoms with Gasteiger partial charge in [0.1, 0.15) is 6.54 Å². The van der Waals surface area contributed by atoms with Crippen LogP contribution in [0.5, 0.6) is 11.5 Å². The third-order valence-electron chi connectivity index (χ3n) is 4.47. The van der Waals surface area contributed by atoms with Gasteiger partial charge in [-0.25, -0.2) is 8.42 Å². The zero-order valence-corrected chi connectivity index (χ0v) is 18.5. The number of amides is 1. The SMILES string of the molecule is COc1ccc([C@H](C)NC(=O)CN(c2cc(C)cc(C)c2)S(C)(=O)=O)cc1OC. The molecule has 0 unspecified atom stereocenters. The molecule has 2 aromatic carbocycles. The Kier molecular flexibility index (Phi) is 7.13. The quantitative estimate of drug-likeness (QED) is 0.710. The molecule has 0 aliphatic heterocycles. The van der Waals surface area contributed by atoms with Gasteiger partial charge in [-0.05, 0) is 61.7 Å². The van der Waals surface area contributed by atoms with Crippen molar-refractivity contribution in [1.82, 2.24) is 5.32 Å². The zero-order chi connectivity index (χ0) is 21.8. The summed E-state index contributed by atoms with van der Waals surface area (Å²) < 4.78 is 36.3. The lowest BCUT2D eigenvalue weighted by Crippen LogP contribution is -2.41. The van der Waals surface area contributed by atoms with Crippen molar-refractivity contribution in [1.29, 1.82) is 0 Å². The molecule has 0 saturated heterocycles. The number of carbonyl (C=O) groups excluding carboxylic acids is 1. The normalized spacial score (nSPS) is 12.2. The highest BCUT2D eigenvalue weighted by atomic mass is 32.2. The van der Waals surface area contributed by atoms with Crippen molar-refractivity contribution in [3.8, 4) is 11.5 Å². The van der Waals surface area contributed by atoms with Gasteiger partial charge in [-0.1, -0.05) is 12.1 Å². The summed E-state index contributed by atoms with van der Waals surface area (Å²) in [6.07, 6.45) is 1.09. The number of methoxy groups -OCH3 is 2. The molecule has 158 valence electrons. The second-order valence-electron chi connectivity index (χ2n) is 7.02. The average molecular weight is 421 g/mol. The molecule has 0 spiro atoms. The van der Waals surface area contributed by atoms with Crippen molar-refractivity contribution in [3.05, 3.63) is 53.1 Å². The predicted molar refractivity (Wildman–Crippen MR) is 114 cm³/mol. The summed E-state index contributed by atoms with van der Waals surface area (Å²) in [5.41, 5.74) is 3.13. The van der Waals surface area contributed by atoms with Crippen molar-refractivity contribution in [2.24, 2.45) is 0 Å². The maximum absolute atomic E-state index is 12.6. The number of ether oxygens (including phenoxy) is 2. The fourth-order valence-electron chi connectivity index (χ4n) is 3.12. The van der Waals surface area contributed by atoms with Crippen LogP contribution in [0.15, 0.2) is 36.4 Å². The Morgan fingerprint density at radius 2 is 1.62 bits per heavy atom. The van der Waals surface area contributed by atoms with Crippen LogP contribution in [0, 0.1) is 13.8 Å². The van der Waals surface area contributed by atoms with E-state index in [0.29, 0.717) is 17.2 Å². The number of sulfonamides is 1. The molecule has 2 aromatic rings. The Hall–Kier alpha value is -2.74. The molecular formula is C21H28N2O5S. The number of nitrogens with zero attached hydrogens (tertiary/aromatic N) is 1. The first-order valence-corrected chi connectivity index (χ1v) is 11.0. The van der Waals surface area contributed by atoms with E-state index in [1.54, 1.807) is 38.5 Å². The number of carbonyl (C=O) groups is 1. The smallest absolute Gasteiger partial charge is 0.241 e. The number of benzene rings is 2. The van der Waals surface area contributed by atoms with E-state index < -0.39 is 15.9 Å². The van der Waals surface area contributed by atoms with Crippen LogP contribution in [0.4, 0.5) is 5.69 Å². The van der Waals surface area contributed by atoms with Gasteiger partial charge in [0.25, 0.3) is 0 Å². The monoisotopic (exact) mass is 420 g/mol. The summed E-state index contributed by atoms with van der Waals surface area (Å²) in [4.78, 5) is 12.6. The van der Waals surface area contributed by atoms with Crippen LogP contribution < -0.4 is 19.1 Å². The summed E-state index contributed by atoms with van der Waals surface area (Å²) in [6.45, 7) is 5.28. The molecule has 1 N–H and O–H groups in total. The molecule has 0 fully saturated rings. The van der Waals surface area contributed by atoms with Crippen LogP contribution in [0.1, 0.15) is 29.7 Å². The van der Waals surface area contributed by atoms with Crippen molar-refractivity contribution >= 4 is 21.6 Å². The van der Waals surface area contributed by atoms with E-state index in [1.807, 2.05) is 32.9 Å². The van der Waals surface area contributed by atoms with Crippen molar-refractivity contribution in [3.63, 3.8) is 0 Å². The molecule has 0 bridgehead atoms. The molecule has 7 nitrogen and oxygen atoms in total. The maximum atomic E-state index is 12.6. The molecule has 29 heavy (non-hydrogen) atoms. The van der Waals surface area contributed by atoms with Gasteiger partial charge in [0.05, 0.1) is 32.2 Å². The van der Waals surface area contributed by atoms with Crippen molar-refractivity contribution in [2.75, 3.05) is 31.3 Å². The van der Waals surface area contributed by atoms with E-state index in [9.17, 15) is 13.2 Å². The lowest BCUT2D eigenvalue weighted by atomic mass is 10.1. The first kappa shape index (κ1) is 22.5. The van der Waals surface area contributed by atoms with Gasteiger partial charge in [0, 0.05) is 0 Å². The fraction of sp³-hybridized carbons (Fsp3) is 0.381. The summed E-state index contributed by atoms with van der Waals surface area (Å²) in [6, 6.07) is 10.5. The standard InChI is InChI=1S/C21H28N2O5S/c1-14-9-15(2)11-18(10-14)23(29(6,25)26)13-21(24)22-16(3)17-7-8-19(27-4)20(12-17)28-5/h7-12,16H,13H2,1-6H3,(H,22,24)/t16-/m0/s1. The molecular weight excluding hydrogens is 392 g/mol. The fourth-order valence-corrected chi connectivity index (χ4v) is 3.96. The zero-order valence-electron chi connectivity index (χ0n) is 17.6. The second kappa shape index (κ2) is 9.17. The number of hydrogen-bond donors (Lipinski definition) is 1. The molecule has 1 atom stereocenters. The van der Waals surface area contributed by atoms with Crippen molar-refractivity contribution in [2.45, 2.75) is 26.8 Å². The number of hydrogen-bond acceptors (Lipinski definition) is 5. The Bertz CT molecular complexity index is 968. The maximum Gasteiger partial charge on any atom is 0.241 e. The van der Waals surface area contributed by atoms with E-state index in [4.69, 9.17) is 9.47 Å². The van der Waals surface area contributed by atoms with Crippen LogP contribution in [0.25, 0.3) is 0 Å². The van der Waals surface area contributed by atoms with Gasteiger partial charge < -0.3 is 14.8 Å². The lowest BCUT2D eigenvalue weighted by molar-refractivity contribution is -0.120. The number of aryl methyl sites for hydroxylation is 2. The highest BCUT2D eigenvalue weighted by molar-refractivity contribution is 7.92. The minimum Gasteiger partial charge on any atom is -0.493 e. The van der Waals surface area contributed by atoms with Crippen LogP contribution in [-0.2, 0) is 14.8 Å². The van der Waals surface area contributed by atoms with Gasteiger partial charge >= 0.3 is 0 Å². The minimum atomic E-state index is -3.63. The van der Waals surface area contributed by atoms with Crippen LogP contribution >= 0.6 is 0 Å². The molecule has 0 aromatic heterocycles. The number of rotatable bonds is 8. The molecule has 0 aliphatic carbocycles. The highest BCUT2D eigenvalue weighted by Crippen LogP contribution is 2.30. The number of anilines is 1. The van der Waals surface area contributed by atoms with Crippen LogP contribution in [0.2, 0.25) is 0 Å². The summed E-state index contributed by atoms with van der Waals surface area (Å²) in [5, 5.41) is 2.85. The highest BCUT2D eigenvalue weighted by Gasteiger charge is 2.22. The van der Waals surface area contributed by atoms with Gasteiger partial charge in [-0.2, -0.15) is 0 Å². The summed E-state index contributed by atoms with van der Waals surface area (Å²) >= 11 is 0. The molecule has 8 heteroatoms. The van der Waals surface area contributed by atoms with E-state index in [0.717, 1.165) is 27.3 Å². The Balaban J connectivity index is 2.20. The van der Waals surface area contributed by atoms with E-state index >= 15 is 0 Å². The number of nitrogens with one attached hydrogen (secondary N) is 1. The van der Waals surface area contributed by atoms with Gasteiger partial charge in [-0.15, -0.1) is 0 Å². The van der Waals surface area contributed by atoms with Crippen LogP contribution in [0.3, 0.4) is 0 Å². The van der Waals surface area contributed by atoms with Gasteiger partial charge in [0.2, 0.25) is 15.9 Å². The Labute approximate surface area is 172 Å². The molecule has 0 saturated carbocycles. The first-order chi connectivity index (χ1) is 13.5. The minimum absolute atomic E-state index is 0.306. The molecule has 1 amide bonds. The average Bonchev–Trinajstić information content (AvgIpc) is 2.63. The van der Waals surface area contributed by atoms with Gasteiger partial charge in [0.15, 0.2) is 11.5 Å². The Morgan fingerprint density at radius 1 is 1.03 bits per heavy atom. The second-order valence-corrected chi connectivity index (χ2v) is 8.93. The first-order valence-electron chi connectivity index (χ1n) is 9.12. The van der Waals surface area contributed by atoms with Gasteiger partial charge in [-0.3, -0.25) is 9.10 Å². The summed E-state index contributed by atoms with van der Waals surface area (Å²) in [7, 11) is -0.539. The third kappa shape index (κ3) is 5.87. The topological polar surface area (TPSA) is 84.9 Å². The lowest BCUT2D eigenvalue weighted by Gasteiger charge is -2.24. The third-order valence-corrected chi connectivity index (χ3v) is 5.61. The molecule has 2 rings (SSSR count). The van der Waals surface area contributed by atoms with Crippen molar-refractivity contribution < 1.29 is 22.7 Å². The molecule has 0 heterocycles. The van der Waals surface area contributed by atoms with E-state index in [-0.39, 0.29) is 12.6 Å². The molecule has 0 aliphatic rings. The predicted octanol–water partition coefficient (Wildman–Crippen LogP) is 2.96. The molecule has 0 radical (unpaired) electrons.